The molecule has 0 aromatic rings. The Morgan fingerprint density at radius 2 is 1.82 bits per heavy atom. The Balaban J connectivity index is 2.23. The summed E-state index contributed by atoms with van der Waals surface area (Å²) in [6, 6.07) is 0.293. The van der Waals surface area contributed by atoms with Gasteiger partial charge in [0.1, 0.15) is 0 Å². The Labute approximate surface area is 105 Å². The SMILES string of the molecule is CC(C)NC(=O)N1CCN(CCN(C)C)CC1. The maximum atomic E-state index is 11.8. The lowest BCUT2D eigenvalue weighted by Crippen LogP contribution is -2.53. The summed E-state index contributed by atoms with van der Waals surface area (Å²) in [5.41, 5.74) is 0. The highest BCUT2D eigenvalue weighted by Gasteiger charge is 2.20. The van der Waals surface area contributed by atoms with Gasteiger partial charge in [0.2, 0.25) is 0 Å². The zero-order valence-corrected chi connectivity index (χ0v) is 11.6. The zero-order chi connectivity index (χ0) is 12.8. The van der Waals surface area contributed by atoms with E-state index < -0.39 is 0 Å². The fourth-order valence-electron chi connectivity index (χ4n) is 1.85. The molecule has 1 saturated heterocycles. The van der Waals surface area contributed by atoms with Gasteiger partial charge in [0, 0.05) is 45.3 Å². The monoisotopic (exact) mass is 242 g/mol. The molecule has 1 N–H and O–H groups in total. The topological polar surface area (TPSA) is 38.8 Å². The Morgan fingerprint density at radius 3 is 2.29 bits per heavy atom. The Bertz CT molecular complexity index is 235. The summed E-state index contributed by atoms with van der Waals surface area (Å²) in [6.07, 6.45) is 0. The Hall–Kier alpha value is -0.810. The van der Waals surface area contributed by atoms with Gasteiger partial charge >= 0.3 is 6.03 Å². The molecule has 0 spiro atoms. The van der Waals surface area contributed by atoms with Gasteiger partial charge in [-0.2, -0.15) is 0 Å². The van der Waals surface area contributed by atoms with Gasteiger partial charge < -0.3 is 15.1 Å². The first-order valence-electron chi connectivity index (χ1n) is 6.41. The summed E-state index contributed by atoms with van der Waals surface area (Å²) in [5.74, 6) is 0. The lowest BCUT2D eigenvalue weighted by molar-refractivity contribution is 0.132. The van der Waals surface area contributed by atoms with Crippen molar-refractivity contribution >= 4 is 6.03 Å². The van der Waals surface area contributed by atoms with Crippen LogP contribution in [0.1, 0.15) is 13.8 Å². The van der Waals surface area contributed by atoms with Crippen molar-refractivity contribution in [2.24, 2.45) is 0 Å². The molecule has 0 aliphatic carbocycles. The van der Waals surface area contributed by atoms with Crippen molar-refractivity contribution < 1.29 is 4.79 Å². The second kappa shape index (κ2) is 6.81. The predicted octanol–water partition coefficient (Wildman–Crippen LogP) is 0.284. The van der Waals surface area contributed by atoms with Gasteiger partial charge in [-0.3, -0.25) is 4.90 Å². The molecule has 0 bridgehead atoms. The molecular weight excluding hydrogens is 216 g/mol. The van der Waals surface area contributed by atoms with Crippen LogP contribution < -0.4 is 5.32 Å². The molecule has 0 saturated carbocycles. The number of rotatable bonds is 4. The summed E-state index contributed by atoms with van der Waals surface area (Å²) in [7, 11) is 4.18. The fraction of sp³-hybridized carbons (Fsp3) is 0.917. The molecule has 17 heavy (non-hydrogen) atoms. The van der Waals surface area contributed by atoms with Gasteiger partial charge in [0.25, 0.3) is 0 Å². The molecule has 0 atom stereocenters. The van der Waals surface area contributed by atoms with Crippen LogP contribution in [0.2, 0.25) is 0 Å². The van der Waals surface area contributed by atoms with Crippen molar-refractivity contribution in [3.63, 3.8) is 0 Å². The molecule has 0 radical (unpaired) electrons. The van der Waals surface area contributed by atoms with Gasteiger partial charge in [0.05, 0.1) is 0 Å². The second-order valence-corrected chi connectivity index (χ2v) is 5.24. The Morgan fingerprint density at radius 1 is 1.24 bits per heavy atom. The molecule has 5 heteroatoms. The number of hydrogen-bond acceptors (Lipinski definition) is 3. The van der Waals surface area contributed by atoms with Crippen molar-refractivity contribution in [1.29, 1.82) is 0 Å². The predicted molar refractivity (Wildman–Crippen MR) is 70.2 cm³/mol. The molecule has 2 amide bonds. The average Bonchev–Trinajstić information content (AvgIpc) is 2.26. The third-order valence-electron chi connectivity index (χ3n) is 2.94. The molecule has 1 aliphatic heterocycles. The van der Waals surface area contributed by atoms with E-state index >= 15 is 0 Å². The summed E-state index contributed by atoms with van der Waals surface area (Å²) in [6.45, 7) is 9.80. The van der Waals surface area contributed by atoms with Crippen LogP contribution in [-0.2, 0) is 0 Å². The van der Waals surface area contributed by atoms with E-state index in [2.05, 4.69) is 29.2 Å². The van der Waals surface area contributed by atoms with E-state index in [9.17, 15) is 4.79 Å². The van der Waals surface area contributed by atoms with E-state index in [1.807, 2.05) is 18.7 Å². The van der Waals surface area contributed by atoms with E-state index in [1.54, 1.807) is 0 Å². The normalized spacial score (nSPS) is 17.9. The minimum absolute atomic E-state index is 0.0762. The van der Waals surface area contributed by atoms with Crippen LogP contribution in [-0.4, -0.2) is 80.1 Å². The van der Waals surface area contributed by atoms with E-state index in [1.165, 1.54) is 0 Å². The third kappa shape index (κ3) is 5.37. The van der Waals surface area contributed by atoms with E-state index in [-0.39, 0.29) is 12.1 Å². The van der Waals surface area contributed by atoms with Crippen LogP contribution in [0.3, 0.4) is 0 Å². The van der Waals surface area contributed by atoms with Crippen LogP contribution in [0, 0.1) is 0 Å². The minimum Gasteiger partial charge on any atom is -0.336 e. The number of amides is 2. The largest absolute Gasteiger partial charge is 0.336 e. The highest BCUT2D eigenvalue weighted by atomic mass is 16.2. The number of likely N-dealkylation sites (N-methyl/N-ethyl adjacent to an activating group) is 1. The molecule has 0 aromatic heterocycles. The second-order valence-electron chi connectivity index (χ2n) is 5.24. The van der Waals surface area contributed by atoms with Crippen LogP contribution in [0.4, 0.5) is 4.79 Å². The third-order valence-corrected chi connectivity index (χ3v) is 2.94. The van der Waals surface area contributed by atoms with E-state index in [0.29, 0.717) is 0 Å². The maximum Gasteiger partial charge on any atom is 0.317 e. The first kappa shape index (κ1) is 14.3. The van der Waals surface area contributed by atoms with E-state index in [4.69, 9.17) is 0 Å². The van der Waals surface area contributed by atoms with Crippen LogP contribution in [0.5, 0.6) is 0 Å². The molecule has 5 nitrogen and oxygen atoms in total. The van der Waals surface area contributed by atoms with Crippen LogP contribution >= 0.6 is 0 Å². The minimum atomic E-state index is 0.0762. The molecular formula is C12H26N4O. The van der Waals surface area contributed by atoms with Crippen LogP contribution in [0.25, 0.3) is 0 Å². The van der Waals surface area contributed by atoms with Gasteiger partial charge in [-0.25, -0.2) is 4.79 Å². The number of urea groups is 1. The summed E-state index contributed by atoms with van der Waals surface area (Å²) >= 11 is 0. The molecule has 100 valence electrons. The maximum absolute atomic E-state index is 11.8. The van der Waals surface area contributed by atoms with Gasteiger partial charge in [0.15, 0.2) is 0 Å². The van der Waals surface area contributed by atoms with Crippen molar-refractivity contribution in [3.05, 3.63) is 0 Å². The molecule has 1 aliphatic rings. The van der Waals surface area contributed by atoms with Gasteiger partial charge in [-0.1, -0.05) is 0 Å². The number of nitrogens with zero attached hydrogens (tertiary/aromatic N) is 3. The summed E-state index contributed by atoms with van der Waals surface area (Å²) < 4.78 is 0. The van der Waals surface area contributed by atoms with Crippen molar-refractivity contribution in [3.8, 4) is 0 Å². The smallest absolute Gasteiger partial charge is 0.317 e. The standard InChI is InChI=1S/C12H26N4O/c1-11(2)13-12(17)16-9-7-15(8-10-16)6-5-14(3)4/h11H,5-10H2,1-4H3,(H,13,17). The first-order chi connectivity index (χ1) is 7.99. The number of carbonyl (C=O) groups is 1. The zero-order valence-electron chi connectivity index (χ0n) is 11.6. The number of carbonyl (C=O) groups excluding carboxylic acids is 1. The molecule has 0 aromatic carbocycles. The van der Waals surface area contributed by atoms with Crippen molar-refractivity contribution in [1.82, 2.24) is 20.0 Å². The van der Waals surface area contributed by atoms with Crippen LogP contribution in [0.15, 0.2) is 0 Å². The number of nitrogens with one attached hydrogen (secondary N) is 1. The highest BCUT2D eigenvalue weighted by molar-refractivity contribution is 5.74. The molecule has 1 heterocycles. The van der Waals surface area contributed by atoms with Gasteiger partial charge in [-0.05, 0) is 27.9 Å². The average molecular weight is 242 g/mol. The molecule has 0 unspecified atom stereocenters. The summed E-state index contributed by atoms with van der Waals surface area (Å²) in [4.78, 5) is 18.3. The lowest BCUT2D eigenvalue weighted by atomic mass is 10.3. The summed E-state index contributed by atoms with van der Waals surface area (Å²) in [5, 5.41) is 2.94. The van der Waals surface area contributed by atoms with Gasteiger partial charge in [-0.15, -0.1) is 0 Å². The Kier molecular flexibility index (Phi) is 5.71. The fourth-order valence-corrected chi connectivity index (χ4v) is 1.85. The highest BCUT2D eigenvalue weighted by Crippen LogP contribution is 2.02. The molecule has 1 fully saturated rings. The van der Waals surface area contributed by atoms with Crippen molar-refractivity contribution in [2.75, 3.05) is 53.4 Å². The number of piperazine rings is 1. The quantitative estimate of drug-likeness (QED) is 0.770. The first-order valence-corrected chi connectivity index (χ1v) is 6.41. The lowest BCUT2D eigenvalue weighted by Gasteiger charge is -2.35. The van der Waals surface area contributed by atoms with Crippen molar-refractivity contribution in [2.45, 2.75) is 19.9 Å². The molecule has 1 rings (SSSR count). The van der Waals surface area contributed by atoms with E-state index in [0.717, 1.165) is 39.3 Å². The number of hydrogen-bond donors (Lipinski definition) is 1.